The van der Waals surface area contributed by atoms with Gasteiger partial charge in [-0.25, -0.2) is 14.4 Å². The zero-order valence-corrected chi connectivity index (χ0v) is 11.6. The molecule has 0 bridgehead atoms. The van der Waals surface area contributed by atoms with E-state index in [2.05, 4.69) is 0 Å². The molecule has 2 fully saturated rings. The molecule has 0 saturated carbocycles. The van der Waals surface area contributed by atoms with Gasteiger partial charge in [0, 0.05) is 13.1 Å². The third-order valence-electron chi connectivity index (χ3n) is 4.01. The lowest BCUT2D eigenvalue weighted by atomic mass is 10.0. The first kappa shape index (κ1) is 14.6. The first-order valence-electron chi connectivity index (χ1n) is 6.94. The fourth-order valence-corrected chi connectivity index (χ4v) is 2.96. The number of carbonyl (C=O) groups excluding carboxylic acids is 2. The van der Waals surface area contributed by atoms with Crippen LogP contribution in [0.2, 0.25) is 0 Å². The first-order chi connectivity index (χ1) is 9.56. The van der Waals surface area contributed by atoms with E-state index in [4.69, 9.17) is 9.84 Å². The molecule has 0 radical (unpaired) electrons. The minimum absolute atomic E-state index is 0.356. The van der Waals surface area contributed by atoms with Crippen molar-refractivity contribution in [2.75, 3.05) is 20.2 Å². The van der Waals surface area contributed by atoms with Gasteiger partial charge in [-0.2, -0.15) is 0 Å². The lowest BCUT2D eigenvalue weighted by molar-refractivity contribution is -0.147. The summed E-state index contributed by atoms with van der Waals surface area (Å²) < 4.78 is 4.74. The third kappa shape index (κ3) is 2.71. The fraction of sp³-hybridized carbons (Fsp3) is 0.769. The molecule has 0 aliphatic carbocycles. The van der Waals surface area contributed by atoms with Crippen LogP contribution in [0.3, 0.4) is 0 Å². The second kappa shape index (κ2) is 6.11. The molecule has 7 heteroatoms. The van der Waals surface area contributed by atoms with Gasteiger partial charge in [-0.1, -0.05) is 0 Å². The van der Waals surface area contributed by atoms with Crippen LogP contribution >= 0.6 is 0 Å². The second-order valence-corrected chi connectivity index (χ2v) is 5.20. The van der Waals surface area contributed by atoms with Crippen molar-refractivity contribution in [3.63, 3.8) is 0 Å². The SMILES string of the molecule is COC(=O)C1CCCCN1C(=O)N1CCCC1C(=O)O. The molecule has 2 unspecified atom stereocenters. The number of aliphatic carboxylic acids is 1. The Bertz CT molecular complexity index is 412. The van der Waals surface area contributed by atoms with E-state index in [9.17, 15) is 14.4 Å². The normalized spacial score (nSPS) is 26.4. The van der Waals surface area contributed by atoms with Gasteiger partial charge in [-0.05, 0) is 32.1 Å². The molecule has 2 atom stereocenters. The van der Waals surface area contributed by atoms with Gasteiger partial charge in [0.25, 0.3) is 0 Å². The average molecular weight is 284 g/mol. The number of amides is 2. The molecule has 20 heavy (non-hydrogen) atoms. The number of methoxy groups -OCH3 is 1. The van der Waals surface area contributed by atoms with Crippen LogP contribution in [0.4, 0.5) is 4.79 Å². The number of carbonyl (C=O) groups is 3. The number of carboxylic acid groups (broad SMARTS) is 1. The van der Waals surface area contributed by atoms with E-state index < -0.39 is 24.0 Å². The van der Waals surface area contributed by atoms with Gasteiger partial charge in [0.2, 0.25) is 0 Å². The Morgan fingerprint density at radius 1 is 1.00 bits per heavy atom. The molecule has 2 aliphatic rings. The molecule has 2 heterocycles. The molecule has 1 N–H and O–H groups in total. The molecule has 0 spiro atoms. The fourth-order valence-electron chi connectivity index (χ4n) is 2.96. The highest BCUT2D eigenvalue weighted by Gasteiger charge is 2.40. The molecule has 2 amide bonds. The molecule has 0 aromatic rings. The predicted molar refractivity (Wildman–Crippen MR) is 69.1 cm³/mol. The van der Waals surface area contributed by atoms with Crippen LogP contribution in [0.1, 0.15) is 32.1 Å². The average Bonchev–Trinajstić information content (AvgIpc) is 2.95. The van der Waals surface area contributed by atoms with E-state index in [1.54, 1.807) is 0 Å². The molecular formula is C13H20N2O5. The summed E-state index contributed by atoms with van der Waals surface area (Å²) in [5.41, 5.74) is 0. The van der Waals surface area contributed by atoms with Crippen LogP contribution < -0.4 is 0 Å². The number of esters is 1. The molecule has 2 saturated heterocycles. The van der Waals surface area contributed by atoms with Crippen LogP contribution in [0.15, 0.2) is 0 Å². The highest BCUT2D eigenvalue weighted by molar-refractivity contribution is 5.87. The maximum atomic E-state index is 12.5. The minimum atomic E-state index is -0.984. The summed E-state index contributed by atoms with van der Waals surface area (Å²) in [4.78, 5) is 38.3. The third-order valence-corrected chi connectivity index (χ3v) is 4.01. The van der Waals surface area contributed by atoms with E-state index >= 15 is 0 Å². The number of urea groups is 1. The number of rotatable bonds is 2. The monoisotopic (exact) mass is 284 g/mol. The minimum Gasteiger partial charge on any atom is -0.480 e. The number of nitrogens with zero attached hydrogens (tertiary/aromatic N) is 2. The zero-order valence-electron chi connectivity index (χ0n) is 11.6. The van der Waals surface area contributed by atoms with Crippen molar-refractivity contribution in [1.82, 2.24) is 9.80 Å². The van der Waals surface area contributed by atoms with Crippen molar-refractivity contribution < 1.29 is 24.2 Å². The maximum Gasteiger partial charge on any atom is 0.328 e. The Morgan fingerprint density at radius 3 is 2.25 bits per heavy atom. The van der Waals surface area contributed by atoms with E-state index in [0.29, 0.717) is 32.4 Å². The number of hydrogen-bond donors (Lipinski definition) is 1. The van der Waals surface area contributed by atoms with Crippen LogP contribution in [-0.2, 0) is 14.3 Å². The van der Waals surface area contributed by atoms with Gasteiger partial charge in [0.1, 0.15) is 12.1 Å². The number of likely N-dealkylation sites (tertiary alicyclic amines) is 2. The summed E-state index contributed by atoms with van der Waals surface area (Å²) in [6.45, 7) is 0.904. The lowest BCUT2D eigenvalue weighted by Crippen LogP contribution is -2.55. The summed E-state index contributed by atoms with van der Waals surface area (Å²) in [7, 11) is 1.30. The summed E-state index contributed by atoms with van der Waals surface area (Å²) >= 11 is 0. The quantitative estimate of drug-likeness (QED) is 0.754. The van der Waals surface area contributed by atoms with Crippen molar-refractivity contribution in [3.8, 4) is 0 Å². The van der Waals surface area contributed by atoms with E-state index in [1.165, 1.54) is 16.9 Å². The van der Waals surface area contributed by atoms with Gasteiger partial charge < -0.3 is 19.6 Å². The van der Waals surface area contributed by atoms with Crippen molar-refractivity contribution >= 4 is 18.0 Å². The largest absolute Gasteiger partial charge is 0.480 e. The Hall–Kier alpha value is -1.79. The smallest absolute Gasteiger partial charge is 0.328 e. The van der Waals surface area contributed by atoms with Crippen molar-refractivity contribution in [2.45, 2.75) is 44.2 Å². The number of piperidine rings is 1. The number of carboxylic acids is 1. The zero-order chi connectivity index (χ0) is 14.7. The molecule has 0 aromatic heterocycles. The summed E-state index contributed by atoms with van der Waals surface area (Å²) in [5.74, 6) is -1.41. The molecule has 112 valence electrons. The number of hydrogen-bond acceptors (Lipinski definition) is 4. The van der Waals surface area contributed by atoms with Gasteiger partial charge >= 0.3 is 18.0 Å². The van der Waals surface area contributed by atoms with Gasteiger partial charge in [-0.15, -0.1) is 0 Å². The lowest BCUT2D eigenvalue weighted by Gasteiger charge is -2.37. The van der Waals surface area contributed by atoms with Crippen LogP contribution in [0, 0.1) is 0 Å². The topological polar surface area (TPSA) is 87.2 Å². The van der Waals surface area contributed by atoms with Crippen molar-refractivity contribution in [2.24, 2.45) is 0 Å². The molecular weight excluding hydrogens is 264 g/mol. The van der Waals surface area contributed by atoms with Gasteiger partial charge in [-0.3, -0.25) is 0 Å². The first-order valence-corrected chi connectivity index (χ1v) is 6.94. The van der Waals surface area contributed by atoms with E-state index in [-0.39, 0.29) is 6.03 Å². The Morgan fingerprint density at radius 2 is 1.60 bits per heavy atom. The van der Waals surface area contributed by atoms with Crippen LogP contribution in [-0.4, -0.2) is 65.2 Å². The van der Waals surface area contributed by atoms with Crippen molar-refractivity contribution in [1.29, 1.82) is 0 Å². The molecule has 2 rings (SSSR count). The van der Waals surface area contributed by atoms with Gasteiger partial charge in [0.05, 0.1) is 7.11 Å². The maximum absolute atomic E-state index is 12.5. The summed E-state index contributed by atoms with van der Waals surface area (Å²) in [6.07, 6.45) is 3.41. The standard InChI is InChI=1S/C13H20N2O5/c1-20-12(18)10-5-2-3-7-15(10)13(19)14-8-4-6-9(14)11(16)17/h9-10H,2-8H2,1H3,(H,16,17). The summed E-state index contributed by atoms with van der Waals surface area (Å²) in [6, 6.07) is -1.72. The molecule has 2 aliphatic heterocycles. The predicted octanol–water partition coefficient (Wildman–Crippen LogP) is 0.683. The van der Waals surface area contributed by atoms with Crippen LogP contribution in [0.25, 0.3) is 0 Å². The molecule has 0 aromatic carbocycles. The Balaban J connectivity index is 2.13. The highest BCUT2D eigenvalue weighted by Crippen LogP contribution is 2.24. The molecule has 7 nitrogen and oxygen atoms in total. The van der Waals surface area contributed by atoms with E-state index in [1.807, 2.05) is 0 Å². The second-order valence-electron chi connectivity index (χ2n) is 5.20. The number of ether oxygens (including phenoxy) is 1. The van der Waals surface area contributed by atoms with E-state index in [0.717, 1.165) is 12.8 Å². The summed E-state index contributed by atoms with van der Waals surface area (Å²) in [5, 5.41) is 9.15. The Kier molecular flexibility index (Phi) is 4.46. The van der Waals surface area contributed by atoms with Crippen LogP contribution in [0.5, 0.6) is 0 Å². The Labute approximate surface area is 117 Å². The van der Waals surface area contributed by atoms with Crippen molar-refractivity contribution in [3.05, 3.63) is 0 Å². The highest BCUT2D eigenvalue weighted by atomic mass is 16.5. The van der Waals surface area contributed by atoms with Gasteiger partial charge in [0.15, 0.2) is 0 Å².